The van der Waals surface area contributed by atoms with Crippen LogP contribution in [-0.2, 0) is 33.4 Å². The molecule has 8 atom stereocenters. The molecule has 0 radical (unpaired) electrons. The molecule has 0 aromatic carbocycles. The second-order valence-corrected chi connectivity index (χ2v) is 11.9. The highest BCUT2D eigenvalue weighted by molar-refractivity contribution is 5.90. The van der Waals surface area contributed by atoms with E-state index in [1.807, 2.05) is 0 Å². The average Bonchev–Trinajstić information content (AvgIpc) is 3.19. The molecule has 4 aliphatic carbocycles. The molecule has 5 aliphatic rings. The summed E-state index contributed by atoms with van der Waals surface area (Å²) in [7, 11) is 0. The van der Waals surface area contributed by atoms with E-state index in [0.29, 0.717) is 73.9 Å². The number of ketones is 2. The first-order valence-corrected chi connectivity index (χ1v) is 13.7. The Morgan fingerprint density at radius 2 is 1.74 bits per heavy atom. The molecule has 1 heterocycles. The normalized spacial score (nSPS) is 40.3. The number of morpholine rings is 1. The van der Waals surface area contributed by atoms with Crippen LogP contribution in [0, 0.1) is 34.5 Å². The van der Waals surface area contributed by atoms with Gasteiger partial charge in [-0.2, -0.15) is 0 Å². The van der Waals surface area contributed by atoms with Crippen LogP contribution in [0.3, 0.4) is 0 Å². The fraction of sp³-hybridized carbons (Fsp3) is 0.750. The molecule has 0 aromatic rings. The van der Waals surface area contributed by atoms with Gasteiger partial charge in [0.1, 0.15) is 17.7 Å². The van der Waals surface area contributed by atoms with E-state index in [-0.39, 0.29) is 28.8 Å². The van der Waals surface area contributed by atoms with Gasteiger partial charge >= 0.3 is 17.9 Å². The lowest BCUT2D eigenvalue weighted by Crippen LogP contribution is -2.57. The minimum Gasteiger partial charge on any atom is -0.478 e. The Morgan fingerprint density at radius 1 is 1.03 bits per heavy atom. The molecular weight excluding hydrogens is 494 g/mol. The van der Waals surface area contributed by atoms with Gasteiger partial charge in [0.15, 0.2) is 6.10 Å². The van der Waals surface area contributed by atoms with E-state index in [9.17, 15) is 24.0 Å². The van der Waals surface area contributed by atoms with Crippen LogP contribution < -0.4 is 5.32 Å². The number of hydrogen-bond acceptors (Lipinski definition) is 8. The number of carbonyl (C=O) groups is 5. The predicted molar refractivity (Wildman–Crippen MR) is 134 cm³/mol. The van der Waals surface area contributed by atoms with Gasteiger partial charge in [-0.05, 0) is 61.7 Å². The van der Waals surface area contributed by atoms with Gasteiger partial charge in [0.05, 0.1) is 6.61 Å². The Bertz CT molecular complexity index is 986. The predicted octanol–water partition coefficient (Wildman–Crippen LogP) is 2.39. The van der Waals surface area contributed by atoms with Gasteiger partial charge in [0.25, 0.3) is 0 Å². The van der Waals surface area contributed by atoms with Gasteiger partial charge in [-0.15, -0.1) is 0 Å². The van der Waals surface area contributed by atoms with Crippen molar-refractivity contribution in [3.63, 3.8) is 0 Å². The van der Waals surface area contributed by atoms with Gasteiger partial charge in [-0.25, -0.2) is 14.4 Å². The molecule has 3 N–H and O–H groups in total. The van der Waals surface area contributed by atoms with Crippen molar-refractivity contribution >= 4 is 29.5 Å². The van der Waals surface area contributed by atoms with Crippen LogP contribution in [0.1, 0.15) is 65.2 Å². The van der Waals surface area contributed by atoms with Crippen LogP contribution in [0.5, 0.6) is 0 Å². The minimum absolute atomic E-state index is 0.0290. The maximum absolute atomic E-state index is 13.3. The van der Waals surface area contributed by atoms with E-state index < -0.39 is 18.0 Å². The molecule has 10 heteroatoms. The third-order valence-corrected chi connectivity index (χ3v) is 9.96. The quantitative estimate of drug-likeness (QED) is 0.362. The maximum Gasteiger partial charge on any atom is 0.336 e. The van der Waals surface area contributed by atoms with E-state index in [1.54, 1.807) is 0 Å². The molecule has 10 nitrogen and oxygen atoms in total. The number of hydrogen-bond donors (Lipinski definition) is 3. The minimum atomic E-state index is -1.26. The highest BCUT2D eigenvalue weighted by Gasteiger charge is 2.62. The summed E-state index contributed by atoms with van der Waals surface area (Å²) in [6.45, 7) is 6.23. The number of carboxylic acids is 2. The standard InChI is InChI=1S/C24H35NO5.C4H4O4/c1-23-7-5-14(30-22(28)20-13-25-9-10-29-20)11-18(23)19(26)12-15-16-3-4-21(27)24(16,2)8-6-17(15)23;5-3(6)1-2-4(7)8/h14-18,20,25H,3-13H2,1-2H3;1-2H,(H,5,6)(H,7,8)/b;2-1+/t14-,15-,16-,17-,18+,20+,23+,24-;/m0./s1. The Morgan fingerprint density at radius 3 is 2.37 bits per heavy atom. The van der Waals surface area contributed by atoms with Gasteiger partial charge in [-0.3, -0.25) is 9.59 Å². The smallest absolute Gasteiger partial charge is 0.336 e. The van der Waals surface area contributed by atoms with Crippen molar-refractivity contribution in [2.24, 2.45) is 34.5 Å². The lowest BCUT2D eigenvalue weighted by atomic mass is 9.45. The number of aliphatic carboxylic acids is 2. The summed E-state index contributed by atoms with van der Waals surface area (Å²) in [5, 5.41) is 18.8. The monoisotopic (exact) mass is 533 g/mol. The Balaban J connectivity index is 0.000000368. The van der Waals surface area contributed by atoms with Gasteiger partial charge in [0.2, 0.25) is 0 Å². The highest BCUT2D eigenvalue weighted by atomic mass is 16.6. The van der Waals surface area contributed by atoms with Crippen LogP contribution in [0.25, 0.3) is 0 Å². The molecule has 0 unspecified atom stereocenters. The number of nitrogens with one attached hydrogen (secondary N) is 1. The molecule has 5 fully saturated rings. The van der Waals surface area contributed by atoms with Crippen molar-refractivity contribution in [1.29, 1.82) is 0 Å². The largest absolute Gasteiger partial charge is 0.478 e. The van der Waals surface area contributed by atoms with E-state index in [2.05, 4.69) is 19.2 Å². The van der Waals surface area contributed by atoms with Crippen molar-refractivity contribution in [2.45, 2.75) is 77.4 Å². The van der Waals surface area contributed by atoms with Crippen molar-refractivity contribution in [2.75, 3.05) is 19.7 Å². The SMILES string of the molecule is C[C@]12CC[C@H](OC(=O)[C@H]3CNCCO3)C[C@@H]1C(=O)C[C@@H]1[C@@H]2CC[C@]2(C)C(=O)CC[C@@H]12.O=C(O)/C=C/C(=O)O. The van der Waals surface area contributed by atoms with Crippen LogP contribution >= 0.6 is 0 Å². The summed E-state index contributed by atoms with van der Waals surface area (Å²) >= 11 is 0. The average molecular weight is 534 g/mol. The van der Waals surface area contributed by atoms with Crippen molar-refractivity contribution in [3.8, 4) is 0 Å². The van der Waals surface area contributed by atoms with E-state index in [0.717, 1.165) is 38.6 Å². The molecule has 5 rings (SSSR count). The van der Waals surface area contributed by atoms with Crippen molar-refractivity contribution < 1.29 is 43.7 Å². The van der Waals surface area contributed by atoms with Crippen molar-refractivity contribution in [3.05, 3.63) is 12.2 Å². The fourth-order valence-electron chi connectivity index (χ4n) is 7.98. The molecule has 1 saturated heterocycles. The zero-order chi connectivity index (χ0) is 27.7. The van der Waals surface area contributed by atoms with E-state index in [4.69, 9.17) is 19.7 Å². The van der Waals surface area contributed by atoms with Gasteiger partial charge in [0, 0.05) is 49.4 Å². The number of carbonyl (C=O) groups excluding carboxylic acids is 3. The van der Waals surface area contributed by atoms with Crippen LogP contribution in [0.15, 0.2) is 12.2 Å². The zero-order valence-corrected chi connectivity index (χ0v) is 22.1. The summed E-state index contributed by atoms with van der Waals surface area (Å²) in [5.41, 5.74) is -0.232. The maximum atomic E-state index is 13.3. The highest BCUT2D eigenvalue weighted by Crippen LogP contribution is 2.64. The lowest BCUT2D eigenvalue weighted by molar-refractivity contribution is -0.177. The topological polar surface area (TPSA) is 156 Å². The Hall–Kier alpha value is -2.59. The Kier molecular flexibility index (Phi) is 8.42. The number of ether oxygens (including phenoxy) is 2. The van der Waals surface area contributed by atoms with Crippen molar-refractivity contribution in [1.82, 2.24) is 5.32 Å². The molecule has 0 spiro atoms. The number of carboxylic acid groups (broad SMARTS) is 2. The fourth-order valence-corrected chi connectivity index (χ4v) is 7.98. The van der Waals surface area contributed by atoms with E-state index in [1.165, 1.54) is 0 Å². The first-order valence-electron chi connectivity index (χ1n) is 13.7. The molecule has 0 amide bonds. The Labute approximate surface area is 222 Å². The first-order chi connectivity index (χ1) is 18.0. The summed E-state index contributed by atoms with van der Waals surface area (Å²) < 4.78 is 11.3. The van der Waals surface area contributed by atoms with Crippen LogP contribution in [-0.4, -0.2) is 71.6 Å². The third kappa shape index (κ3) is 5.57. The molecule has 0 bridgehead atoms. The summed E-state index contributed by atoms with van der Waals surface area (Å²) in [6, 6.07) is 0. The summed E-state index contributed by atoms with van der Waals surface area (Å²) in [5.74, 6) is -0.861. The van der Waals surface area contributed by atoms with E-state index >= 15 is 0 Å². The second-order valence-electron chi connectivity index (χ2n) is 11.9. The molecule has 210 valence electrons. The number of fused-ring (bicyclic) bond motifs is 5. The van der Waals surface area contributed by atoms with Gasteiger partial charge < -0.3 is 25.0 Å². The number of esters is 1. The lowest BCUT2D eigenvalue weighted by Gasteiger charge is -2.59. The third-order valence-electron chi connectivity index (χ3n) is 9.96. The summed E-state index contributed by atoms with van der Waals surface area (Å²) in [6.07, 6.45) is 7.05. The second kappa shape index (κ2) is 11.3. The number of Topliss-reactive ketones (excluding diaryl/α,β-unsaturated/α-hetero) is 2. The van der Waals surface area contributed by atoms with Crippen LogP contribution in [0.4, 0.5) is 0 Å². The molecular formula is C28H39NO9. The molecule has 1 aliphatic heterocycles. The molecule has 38 heavy (non-hydrogen) atoms. The zero-order valence-electron chi connectivity index (χ0n) is 22.1. The summed E-state index contributed by atoms with van der Waals surface area (Å²) in [4.78, 5) is 57.5. The molecule has 0 aromatic heterocycles. The van der Waals surface area contributed by atoms with Crippen LogP contribution in [0.2, 0.25) is 0 Å². The molecule has 4 saturated carbocycles. The number of rotatable bonds is 4. The first kappa shape index (κ1) is 28.4. The van der Waals surface area contributed by atoms with Gasteiger partial charge in [-0.1, -0.05) is 13.8 Å².